The van der Waals surface area contributed by atoms with Gasteiger partial charge in [-0.15, -0.1) is 0 Å². The number of nitrogen functional groups attached to an aromatic ring is 1. The maximum Gasteiger partial charge on any atom is 0.221 e. The van der Waals surface area contributed by atoms with Crippen LogP contribution in [0.5, 0.6) is 5.88 Å². The zero-order valence-corrected chi connectivity index (χ0v) is 11.8. The molecule has 0 aliphatic carbocycles. The van der Waals surface area contributed by atoms with Gasteiger partial charge in [-0.2, -0.15) is 4.98 Å². The van der Waals surface area contributed by atoms with Crippen molar-refractivity contribution in [2.24, 2.45) is 11.8 Å². The van der Waals surface area contributed by atoms with Crippen molar-refractivity contribution in [2.45, 2.75) is 47.0 Å². The molecule has 102 valence electrons. The van der Waals surface area contributed by atoms with Gasteiger partial charge in [0.1, 0.15) is 11.6 Å². The average molecular weight is 252 g/mol. The molecule has 0 aromatic carbocycles. The van der Waals surface area contributed by atoms with Gasteiger partial charge in [-0.25, -0.2) is 10.8 Å². The zero-order valence-electron chi connectivity index (χ0n) is 11.8. The first-order chi connectivity index (χ1) is 8.58. The largest absolute Gasteiger partial charge is 0.477 e. The number of anilines is 1. The average Bonchev–Trinajstić information content (AvgIpc) is 2.32. The summed E-state index contributed by atoms with van der Waals surface area (Å²) in [6.07, 6.45) is 2.84. The predicted molar refractivity (Wildman–Crippen MR) is 73.5 cm³/mol. The Labute approximate surface area is 109 Å². The molecule has 5 nitrogen and oxygen atoms in total. The van der Waals surface area contributed by atoms with Gasteiger partial charge in [-0.1, -0.05) is 20.8 Å². The highest BCUT2D eigenvalue weighted by Gasteiger charge is 2.11. The van der Waals surface area contributed by atoms with E-state index in [2.05, 4.69) is 36.2 Å². The van der Waals surface area contributed by atoms with Crippen LogP contribution in [-0.2, 0) is 6.42 Å². The molecule has 1 heterocycles. The number of nitrogens with one attached hydrogen (secondary N) is 1. The SMILES string of the molecule is CCCc1nc(NN)c(C)c(OCCC(C)C)n1. The number of hydrazine groups is 1. The second-order valence-corrected chi connectivity index (χ2v) is 4.84. The van der Waals surface area contributed by atoms with E-state index in [9.17, 15) is 0 Å². The minimum atomic E-state index is 0.620. The topological polar surface area (TPSA) is 73.1 Å². The van der Waals surface area contributed by atoms with Crippen molar-refractivity contribution in [3.8, 4) is 5.88 Å². The lowest BCUT2D eigenvalue weighted by Crippen LogP contribution is -2.14. The molecule has 0 aliphatic rings. The Balaban J connectivity index is 2.83. The first-order valence-corrected chi connectivity index (χ1v) is 6.55. The van der Waals surface area contributed by atoms with E-state index in [1.807, 2.05) is 6.92 Å². The van der Waals surface area contributed by atoms with Gasteiger partial charge in [0.15, 0.2) is 0 Å². The lowest BCUT2D eigenvalue weighted by Gasteiger charge is -2.13. The third-order valence-electron chi connectivity index (χ3n) is 2.69. The van der Waals surface area contributed by atoms with E-state index in [0.717, 1.165) is 30.7 Å². The Hall–Kier alpha value is -1.36. The Morgan fingerprint density at radius 3 is 2.61 bits per heavy atom. The van der Waals surface area contributed by atoms with Crippen molar-refractivity contribution in [1.82, 2.24) is 9.97 Å². The van der Waals surface area contributed by atoms with Crippen LogP contribution in [0.1, 0.15) is 45.0 Å². The van der Waals surface area contributed by atoms with Crippen molar-refractivity contribution in [3.63, 3.8) is 0 Å². The highest BCUT2D eigenvalue weighted by Crippen LogP contribution is 2.22. The molecule has 0 radical (unpaired) electrons. The van der Waals surface area contributed by atoms with Crippen molar-refractivity contribution >= 4 is 5.82 Å². The van der Waals surface area contributed by atoms with E-state index in [0.29, 0.717) is 24.2 Å². The number of hydrogen-bond donors (Lipinski definition) is 2. The lowest BCUT2D eigenvalue weighted by molar-refractivity contribution is 0.276. The standard InChI is InChI=1S/C13H24N4O/c1-5-6-11-15-12(17-14)10(4)13(16-11)18-8-7-9(2)3/h9H,5-8,14H2,1-4H3,(H,15,16,17). The highest BCUT2D eigenvalue weighted by molar-refractivity contribution is 5.47. The van der Waals surface area contributed by atoms with E-state index in [1.54, 1.807) is 0 Å². The molecule has 0 fully saturated rings. The molecule has 0 bridgehead atoms. The van der Waals surface area contributed by atoms with Crippen molar-refractivity contribution in [2.75, 3.05) is 12.0 Å². The van der Waals surface area contributed by atoms with Gasteiger partial charge in [0.2, 0.25) is 5.88 Å². The van der Waals surface area contributed by atoms with Gasteiger partial charge in [-0.05, 0) is 25.7 Å². The van der Waals surface area contributed by atoms with Gasteiger partial charge in [0.05, 0.1) is 12.2 Å². The summed E-state index contributed by atoms with van der Waals surface area (Å²) in [4.78, 5) is 8.80. The second kappa shape index (κ2) is 7.16. The van der Waals surface area contributed by atoms with Gasteiger partial charge in [0, 0.05) is 6.42 Å². The molecular formula is C13H24N4O. The maximum atomic E-state index is 5.73. The molecule has 0 aliphatic heterocycles. The molecule has 0 saturated heterocycles. The first kappa shape index (κ1) is 14.7. The number of nitrogens with zero attached hydrogens (tertiary/aromatic N) is 2. The molecule has 3 N–H and O–H groups in total. The Kier molecular flexibility index (Phi) is 5.85. The van der Waals surface area contributed by atoms with Crippen LogP contribution in [0.25, 0.3) is 0 Å². The fourth-order valence-corrected chi connectivity index (χ4v) is 1.55. The molecular weight excluding hydrogens is 228 g/mol. The molecule has 5 heteroatoms. The quantitative estimate of drug-likeness (QED) is 0.576. The van der Waals surface area contributed by atoms with Crippen LogP contribution in [0, 0.1) is 12.8 Å². The van der Waals surface area contributed by atoms with E-state index >= 15 is 0 Å². The minimum absolute atomic E-state index is 0.620. The molecule has 1 aromatic heterocycles. The highest BCUT2D eigenvalue weighted by atomic mass is 16.5. The van der Waals surface area contributed by atoms with Gasteiger partial charge >= 0.3 is 0 Å². The molecule has 0 atom stereocenters. The first-order valence-electron chi connectivity index (χ1n) is 6.55. The number of rotatable bonds is 7. The summed E-state index contributed by atoms with van der Waals surface area (Å²) >= 11 is 0. The zero-order chi connectivity index (χ0) is 13.5. The normalized spacial score (nSPS) is 10.8. The molecule has 18 heavy (non-hydrogen) atoms. The van der Waals surface area contributed by atoms with Crippen LogP contribution in [0.3, 0.4) is 0 Å². The minimum Gasteiger partial charge on any atom is -0.477 e. The van der Waals surface area contributed by atoms with Gasteiger partial charge in [-0.3, -0.25) is 0 Å². The van der Waals surface area contributed by atoms with Crippen LogP contribution in [-0.4, -0.2) is 16.6 Å². The third-order valence-corrected chi connectivity index (χ3v) is 2.69. The maximum absolute atomic E-state index is 5.73. The monoisotopic (exact) mass is 252 g/mol. The fraction of sp³-hybridized carbons (Fsp3) is 0.692. The Morgan fingerprint density at radius 2 is 2.06 bits per heavy atom. The summed E-state index contributed by atoms with van der Waals surface area (Å²) in [5.41, 5.74) is 3.46. The Bertz CT molecular complexity index is 379. The molecule has 0 saturated carbocycles. The van der Waals surface area contributed by atoms with Gasteiger partial charge < -0.3 is 10.2 Å². The van der Waals surface area contributed by atoms with Crippen LogP contribution in [0.15, 0.2) is 0 Å². The van der Waals surface area contributed by atoms with Crippen LogP contribution in [0.2, 0.25) is 0 Å². The summed E-state index contributed by atoms with van der Waals surface area (Å²) in [5, 5.41) is 0. The third kappa shape index (κ3) is 4.14. The van der Waals surface area contributed by atoms with E-state index in [4.69, 9.17) is 10.6 Å². The molecule has 0 unspecified atom stereocenters. The summed E-state index contributed by atoms with van der Waals surface area (Å²) < 4.78 is 5.73. The predicted octanol–water partition coefficient (Wildman–Crippen LogP) is 2.45. The number of ether oxygens (including phenoxy) is 1. The van der Waals surface area contributed by atoms with Crippen LogP contribution < -0.4 is 16.0 Å². The van der Waals surface area contributed by atoms with Crippen LogP contribution in [0.4, 0.5) is 5.82 Å². The smallest absolute Gasteiger partial charge is 0.221 e. The summed E-state index contributed by atoms with van der Waals surface area (Å²) in [7, 11) is 0. The van der Waals surface area contributed by atoms with Gasteiger partial charge in [0.25, 0.3) is 0 Å². The van der Waals surface area contributed by atoms with Crippen molar-refractivity contribution in [3.05, 3.63) is 11.4 Å². The fourth-order valence-electron chi connectivity index (χ4n) is 1.55. The van der Waals surface area contributed by atoms with Crippen molar-refractivity contribution in [1.29, 1.82) is 0 Å². The summed E-state index contributed by atoms with van der Waals surface area (Å²) in [5.74, 6) is 8.15. The van der Waals surface area contributed by atoms with Crippen LogP contribution >= 0.6 is 0 Å². The number of aromatic nitrogens is 2. The van der Waals surface area contributed by atoms with Crippen molar-refractivity contribution < 1.29 is 4.74 Å². The number of nitrogens with two attached hydrogens (primary N) is 1. The number of aryl methyl sites for hydroxylation is 1. The number of hydrogen-bond acceptors (Lipinski definition) is 5. The second-order valence-electron chi connectivity index (χ2n) is 4.84. The molecule has 1 aromatic rings. The summed E-state index contributed by atoms with van der Waals surface area (Å²) in [6.45, 7) is 9.02. The molecule has 1 rings (SSSR count). The summed E-state index contributed by atoms with van der Waals surface area (Å²) in [6, 6.07) is 0. The van der Waals surface area contributed by atoms with E-state index < -0.39 is 0 Å². The van der Waals surface area contributed by atoms with E-state index in [-0.39, 0.29) is 0 Å². The van der Waals surface area contributed by atoms with E-state index in [1.165, 1.54) is 0 Å². The molecule has 0 spiro atoms. The Morgan fingerprint density at radius 1 is 1.33 bits per heavy atom. The molecule has 0 amide bonds. The lowest BCUT2D eigenvalue weighted by atomic mass is 10.1.